The van der Waals surface area contributed by atoms with Crippen LogP contribution in [0.1, 0.15) is 54.4 Å². The van der Waals surface area contributed by atoms with Crippen LogP contribution in [-0.4, -0.2) is 36.2 Å². The fourth-order valence-electron chi connectivity index (χ4n) is 1.33. The molecule has 1 unspecified atom stereocenters. The van der Waals surface area contributed by atoms with Gasteiger partial charge in [-0.15, -0.1) is 0 Å². The molecule has 1 N–H and O–H groups in total. The van der Waals surface area contributed by atoms with Gasteiger partial charge in [-0.05, 0) is 33.1 Å². The van der Waals surface area contributed by atoms with Gasteiger partial charge in [-0.1, -0.05) is 27.2 Å². The summed E-state index contributed by atoms with van der Waals surface area (Å²) in [7, 11) is 1.81. The minimum Gasteiger partial charge on any atom is -0.328 e. The summed E-state index contributed by atoms with van der Waals surface area (Å²) in [6.07, 6.45) is 2.09. The summed E-state index contributed by atoms with van der Waals surface area (Å²) in [6, 6.07) is 0.0418. The number of nitrogens with one attached hydrogen (secondary N) is 1. The van der Waals surface area contributed by atoms with Crippen LogP contribution in [0.5, 0.6) is 0 Å². The van der Waals surface area contributed by atoms with Gasteiger partial charge in [-0.25, -0.2) is 4.79 Å². The van der Waals surface area contributed by atoms with Crippen LogP contribution >= 0.6 is 0 Å². The van der Waals surface area contributed by atoms with E-state index in [0.717, 1.165) is 19.4 Å². The molecule has 19 heavy (non-hydrogen) atoms. The lowest BCUT2D eigenvalue weighted by atomic mass is 9.99. The summed E-state index contributed by atoms with van der Waals surface area (Å²) in [6.45, 7) is 12.8. The van der Waals surface area contributed by atoms with Crippen molar-refractivity contribution in [1.29, 1.82) is 0 Å². The van der Waals surface area contributed by atoms with Crippen LogP contribution in [0.4, 0.5) is 4.79 Å². The van der Waals surface area contributed by atoms with Crippen LogP contribution in [-0.2, 0) is 0 Å². The lowest BCUT2D eigenvalue weighted by molar-refractivity contribution is 0.180. The molecule has 0 aliphatic carbocycles. The van der Waals surface area contributed by atoms with Crippen molar-refractivity contribution >= 4 is 6.03 Å². The third-order valence-electron chi connectivity index (χ3n) is 3.17. The van der Waals surface area contributed by atoms with Crippen molar-refractivity contribution in [2.24, 2.45) is 16.1 Å². The van der Waals surface area contributed by atoms with Gasteiger partial charge >= 0.3 is 6.03 Å². The van der Waals surface area contributed by atoms with E-state index in [2.05, 4.69) is 22.5 Å². The van der Waals surface area contributed by atoms with Gasteiger partial charge in [-0.3, -0.25) is 0 Å². The summed E-state index contributed by atoms with van der Waals surface area (Å²) < 4.78 is 0. The molecule has 0 spiro atoms. The Morgan fingerprint density at radius 1 is 1.32 bits per heavy atom. The predicted molar refractivity (Wildman–Crippen MR) is 79.3 cm³/mol. The molecule has 0 saturated heterocycles. The molecule has 0 saturated carbocycles. The molecule has 112 valence electrons. The Morgan fingerprint density at radius 2 is 1.89 bits per heavy atom. The molecule has 0 radical (unpaired) electrons. The number of amides is 2. The molecule has 0 aromatic heterocycles. The van der Waals surface area contributed by atoms with Gasteiger partial charge in [0.05, 0.1) is 6.04 Å². The van der Waals surface area contributed by atoms with E-state index in [0.29, 0.717) is 0 Å². The molecule has 5 heteroatoms. The van der Waals surface area contributed by atoms with Crippen molar-refractivity contribution in [2.45, 2.75) is 66.1 Å². The van der Waals surface area contributed by atoms with Crippen molar-refractivity contribution in [3.05, 3.63) is 0 Å². The van der Waals surface area contributed by atoms with Crippen LogP contribution in [0.15, 0.2) is 10.2 Å². The predicted octanol–water partition coefficient (Wildman–Crippen LogP) is 3.66. The first-order chi connectivity index (χ1) is 8.73. The summed E-state index contributed by atoms with van der Waals surface area (Å²) >= 11 is 0. The highest BCUT2D eigenvalue weighted by Crippen LogP contribution is 2.19. The van der Waals surface area contributed by atoms with E-state index in [1.165, 1.54) is 0 Å². The average Bonchev–Trinajstić information content (AvgIpc) is 2.33. The van der Waals surface area contributed by atoms with Gasteiger partial charge in [-0.2, -0.15) is 10.2 Å². The maximum absolute atomic E-state index is 12.1. The second kappa shape index (κ2) is 8.12. The van der Waals surface area contributed by atoms with E-state index in [1.54, 1.807) is 4.90 Å². The van der Waals surface area contributed by atoms with E-state index in [1.807, 2.05) is 41.7 Å². The van der Waals surface area contributed by atoms with Crippen LogP contribution in [0.2, 0.25) is 0 Å². The third kappa shape index (κ3) is 6.55. The Bertz CT molecular complexity index is 302. The Balaban J connectivity index is 4.70. The number of hydrogen-bond donors (Lipinski definition) is 1. The molecule has 0 rings (SSSR count). The molecule has 2 amide bonds. The van der Waals surface area contributed by atoms with Gasteiger partial charge < -0.3 is 10.2 Å². The van der Waals surface area contributed by atoms with E-state index >= 15 is 0 Å². The summed E-state index contributed by atoms with van der Waals surface area (Å²) in [4.78, 5) is 13.8. The molecule has 1 atom stereocenters. The number of carbonyl (C=O) groups excluding carboxylic acids is 1. The number of azo groups is 1. The lowest BCUT2D eigenvalue weighted by Crippen LogP contribution is -2.52. The maximum atomic E-state index is 12.1. The molecular weight excluding hydrogens is 240 g/mol. The molecule has 0 bridgehead atoms. The Kier molecular flexibility index (Phi) is 7.64. The van der Waals surface area contributed by atoms with E-state index < -0.39 is 5.66 Å². The fraction of sp³-hybridized carbons (Fsp3) is 0.929. The molecule has 0 aromatic rings. The van der Waals surface area contributed by atoms with E-state index in [-0.39, 0.29) is 18.0 Å². The number of rotatable bonds is 7. The molecule has 0 aliphatic rings. The van der Waals surface area contributed by atoms with Crippen molar-refractivity contribution in [2.75, 3.05) is 13.6 Å². The van der Waals surface area contributed by atoms with Crippen LogP contribution in [0, 0.1) is 5.92 Å². The van der Waals surface area contributed by atoms with Gasteiger partial charge in [0, 0.05) is 13.6 Å². The van der Waals surface area contributed by atoms with Gasteiger partial charge in [0.15, 0.2) is 5.66 Å². The third-order valence-corrected chi connectivity index (χ3v) is 3.17. The number of carbonyl (C=O) groups is 1. The summed E-state index contributed by atoms with van der Waals surface area (Å²) in [5, 5.41) is 11.5. The van der Waals surface area contributed by atoms with Crippen molar-refractivity contribution < 1.29 is 4.79 Å². The lowest BCUT2D eigenvalue weighted by Gasteiger charge is -2.31. The fourth-order valence-corrected chi connectivity index (χ4v) is 1.33. The first-order valence-electron chi connectivity index (χ1n) is 7.18. The molecular formula is C14H30N4O. The Hall–Kier alpha value is -1.13. The number of hydrogen-bond acceptors (Lipinski definition) is 3. The van der Waals surface area contributed by atoms with Crippen molar-refractivity contribution in [1.82, 2.24) is 10.2 Å². The van der Waals surface area contributed by atoms with Gasteiger partial charge in [0.1, 0.15) is 0 Å². The zero-order valence-corrected chi connectivity index (χ0v) is 13.5. The monoisotopic (exact) mass is 270 g/mol. The Labute approximate surface area is 117 Å². The minimum atomic E-state index is -0.651. The first kappa shape index (κ1) is 17.9. The van der Waals surface area contributed by atoms with Crippen LogP contribution < -0.4 is 5.32 Å². The second-order valence-electron chi connectivity index (χ2n) is 5.82. The highest BCUT2D eigenvalue weighted by atomic mass is 16.2. The quantitative estimate of drug-likeness (QED) is 0.705. The normalized spacial score (nSPS) is 15.0. The van der Waals surface area contributed by atoms with Gasteiger partial charge in [0.2, 0.25) is 0 Å². The number of unbranched alkanes of at least 4 members (excludes halogenated alkanes) is 1. The van der Waals surface area contributed by atoms with Crippen molar-refractivity contribution in [3.8, 4) is 0 Å². The number of urea groups is 1. The molecule has 0 heterocycles. The maximum Gasteiger partial charge on any atom is 0.319 e. The first-order valence-corrected chi connectivity index (χ1v) is 7.18. The molecule has 0 aliphatic heterocycles. The van der Waals surface area contributed by atoms with Crippen LogP contribution in [0.25, 0.3) is 0 Å². The highest BCUT2D eigenvalue weighted by Gasteiger charge is 2.31. The minimum absolute atomic E-state index is 0.0904. The van der Waals surface area contributed by atoms with Crippen LogP contribution in [0.3, 0.4) is 0 Å². The highest BCUT2D eigenvalue weighted by molar-refractivity contribution is 5.74. The summed E-state index contributed by atoms with van der Waals surface area (Å²) in [5.41, 5.74) is -0.651. The largest absolute Gasteiger partial charge is 0.328 e. The van der Waals surface area contributed by atoms with E-state index in [4.69, 9.17) is 0 Å². The molecule has 0 aromatic carbocycles. The zero-order chi connectivity index (χ0) is 15.1. The molecule has 0 fully saturated rings. The Morgan fingerprint density at radius 3 is 2.32 bits per heavy atom. The average molecular weight is 270 g/mol. The topological polar surface area (TPSA) is 57.1 Å². The summed E-state index contributed by atoms with van der Waals surface area (Å²) in [5.74, 6) is 0.179. The van der Waals surface area contributed by atoms with E-state index in [9.17, 15) is 4.79 Å². The smallest absolute Gasteiger partial charge is 0.319 e. The number of nitrogens with zero attached hydrogens (tertiary/aromatic N) is 3. The molecule has 5 nitrogen and oxygen atoms in total. The SMILES string of the molecule is CCCCN(C)C(=O)NC(C)(/N=N/C(C)C)C(C)C. The van der Waals surface area contributed by atoms with Crippen molar-refractivity contribution in [3.63, 3.8) is 0 Å². The standard InChI is InChI=1S/C14H30N4O/c1-8-9-10-18(7)13(19)15-14(6,11(2)3)17-16-12(4)5/h11-12H,8-10H2,1-7H3,(H,15,19)/b17-16+. The zero-order valence-electron chi connectivity index (χ0n) is 13.5. The van der Waals surface area contributed by atoms with Gasteiger partial charge in [0.25, 0.3) is 0 Å². The second-order valence-corrected chi connectivity index (χ2v) is 5.82.